The predicted octanol–water partition coefficient (Wildman–Crippen LogP) is 27.5. The Morgan fingerprint density at radius 3 is 0.789 bits per heavy atom. The molecule has 2 heterocycles. The van der Waals surface area contributed by atoms with Crippen LogP contribution in [0.2, 0.25) is 0 Å². The molecule has 2 aliphatic carbocycles. The highest BCUT2D eigenvalue weighted by Gasteiger charge is 2.48. The second-order valence-electron chi connectivity index (χ2n) is 28.9. The smallest absolute Gasteiger partial charge is 0.187 e. The van der Waals surface area contributed by atoms with Crippen LogP contribution < -0.4 is 0 Å². The lowest BCUT2D eigenvalue weighted by Gasteiger charge is -2.34. The van der Waals surface area contributed by atoms with E-state index in [9.17, 15) is 0 Å². The Morgan fingerprint density at radius 2 is 0.430 bits per heavy atom. The summed E-state index contributed by atoms with van der Waals surface area (Å²) in [6.07, 6.45) is 0. The van der Waals surface area contributed by atoms with Crippen molar-refractivity contribution in [3.8, 4) is 135 Å². The SMILES string of the molecule is [C-]#[N+]c1ccc2c(c1)C(c1ccccc1)(c1ccccc1)c1ccc(-c3ccc(-c4cc(-c5ccc(-c6ccccc6)cc5)nc(-c5ccccc5)n4)cc3)cc1-2.[C-]#[N+]c1ccc2c(c1)C(c1ccccc1)(c1ccccc1)c1ccc(-c3ccc(-c4cc(-c5ccccc5)nc(-c5cccc(-c6ccccc6)c5)n4)cc3)cc1-2. The van der Waals surface area contributed by atoms with Crippen molar-refractivity contribution in [1.82, 2.24) is 19.9 Å². The Bertz CT molecular complexity index is 6590. The minimum atomic E-state index is -0.557. The monoisotopic (exact) mass is 1450 g/mol. The van der Waals surface area contributed by atoms with Crippen molar-refractivity contribution < 1.29 is 0 Å². The lowest BCUT2D eigenvalue weighted by atomic mass is 9.67. The molecule has 2 aromatic heterocycles. The second kappa shape index (κ2) is 29.9. The summed E-state index contributed by atoms with van der Waals surface area (Å²) >= 11 is 0. The minimum absolute atomic E-state index is 0.556. The van der Waals surface area contributed by atoms with Gasteiger partial charge in [0.15, 0.2) is 23.0 Å². The fraction of sp³-hybridized carbons (Fsp3) is 0.0185. The molecule has 18 aromatic rings. The van der Waals surface area contributed by atoms with Gasteiger partial charge in [0, 0.05) is 33.4 Å². The lowest BCUT2D eigenvalue weighted by molar-refractivity contribution is 0.769. The van der Waals surface area contributed by atoms with E-state index in [4.69, 9.17) is 33.1 Å². The van der Waals surface area contributed by atoms with E-state index in [0.717, 1.165) is 112 Å². The average Bonchev–Trinajstić information content (AvgIpc) is 1.54. The molecule has 0 atom stereocenters. The molecule has 6 heteroatoms. The molecule has 2 aliphatic rings. The van der Waals surface area contributed by atoms with Crippen molar-refractivity contribution >= 4 is 11.4 Å². The summed E-state index contributed by atoms with van der Waals surface area (Å²) in [6.45, 7) is 15.8. The molecule has 16 aromatic carbocycles. The number of fused-ring (bicyclic) bond motifs is 6. The van der Waals surface area contributed by atoms with Crippen molar-refractivity contribution in [1.29, 1.82) is 0 Å². The maximum absolute atomic E-state index is 7.90. The standard InChI is InChI=1S/2C54H35N3/c1-55-46-30-31-47-48-34-42(29-32-49(48)54(50(47)35-46,44-21-10-4-11-22-44)45-23-12-5-13-24-45)38-25-27-40(28-26-38)52-36-51(39-17-8-3-9-18-39)56-53(57-52)43-20-14-19-41(33-43)37-15-6-2-7-16-37;1-55-46-31-32-47-48-34-43(30-33-49(48)54(50(47)35-46,44-18-10-4-11-19-44)45-20-12-5-13-21-45)39-24-28-41(29-25-39)52-36-51(56-53(57-52)42-16-8-3-9-17-42)40-26-22-38(23-27-40)37-14-6-2-7-15-37/h2*2-36H. The van der Waals surface area contributed by atoms with E-state index in [1.165, 1.54) is 55.6 Å². The van der Waals surface area contributed by atoms with Crippen molar-refractivity contribution in [3.63, 3.8) is 0 Å². The second-order valence-corrected chi connectivity index (χ2v) is 28.9. The van der Waals surface area contributed by atoms with Gasteiger partial charge in [-0.3, -0.25) is 0 Å². The Labute approximate surface area is 664 Å². The van der Waals surface area contributed by atoms with Crippen LogP contribution in [0.3, 0.4) is 0 Å². The zero-order chi connectivity index (χ0) is 76.4. The maximum atomic E-state index is 7.90. The number of nitrogens with zero attached hydrogens (tertiary/aromatic N) is 6. The molecule has 0 saturated carbocycles. The Kier molecular flexibility index (Phi) is 18.1. The quantitative estimate of drug-likeness (QED) is 0.102. The molecule has 114 heavy (non-hydrogen) atoms. The van der Waals surface area contributed by atoms with Crippen LogP contribution in [0.4, 0.5) is 11.4 Å². The molecule has 0 radical (unpaired) electrons. The van der Waals surface area contributed by atoms with Gasteiger partial charge in [-0.05, 0) is 142 Å². The number of hydrogen-bond acceptors (Lipinski definition) is 4. The number of hydrogen-bond donors (Lipinski definition) is 0. The third-order valence-electron chi connectivity index (χ3n) is 22.4. The Morgan fingerprint density at radius 1 is 0.175 bits per heavy atom. The van der Waals surface area contributed by atoms with Crippen molar-refractivity contribution in [2.24, 2.45) is 0 Å². The van der Waals surface area contributed by atoms with Gasteiger partial charge in [-0.2, -0.15) is 0 Å². The average molecular weight is 1450 g/mol. The highest BCUT2D eigenvalue weighted by atomic mass is 14.9. The largest absolute Gasteiger partial charge is 0.238 e. The molecule has 0 aliphatic heterocycles. The van der Waals surface area contributed by atoms with Gasteiger partial charge < -0.3 is 0 Å². The minimum Gasteiger partial charge on any atom is -0.238 e. The van der Waals surface area contributed by atoms with Gasteiger partial charge in [0.05, 0.1) is 46.7 Å². The number of aromatic nitrogens is 4. The topological polar surface area (TPSA) is 60.3 Å². The first-order valence-electron chi connectivity index (χ1n) is 38.4. The molecule has 0 amide bonds. The molecule has 6 nitrogen and oxygen atoms in total. The fourth-order valence-electron chi connectivity index (χ4n) is 17.0. The lowest BCUT2D eigenvalue weighted by Crippen LogP contribution is -2.28. The van der Waals surface area contributed by atoms with E-state index in [2.05, 4.69) is 374 Å². The van der Waals surface area contributed by atoms with E-state index < -0.39 is 10.8 Å². The van der Waals surface area contributed by atoms with E-state index in [0.29, 0.717) is 23.0 Å². The van der Waals surface area contributed by atoms with Gasteiger partial charge in [0.25, 0.3) is 0 Å². The van der Waals surface area contributed by atoms with E-state index >= 15 is 0 Å². The van der Waals surface area contributed by atoms with Gasteiger partial charge in [0.1, 0.15) is 0 Å². The molecule has 0 N–H and O–H groups in total. The van der Waals surface area contributed by atoms with Crippen LogP contribution in [0.1, 0.15) is 44.5 Å². The molecule has 0 bridgehead atoms. The summed E-state index contributed by atoms with van der Waals surface area (Å²) in [5, 5.41) is 0. The molecule has 532 valence electrons. The molecule has 0 unspecified atom stereocenters. The number of rotatable bonds is 14. The van der Waals surface area contributed by atoms with Crippen LogP contribution in [0.5, 0.6) is 0 Å². The predicted molar refractivity (Wildman–Crippen MR) is 466 cm³/mol. The van der Waals surface area contributed by atoms with Crippen LogP contribution in [0, 0.1) is 13.1 Å². The Hall–Kier alpha value is -15.3. The highest BCUT2D eigenvalue weighted by Crippen LogP contribution is 2.59. The summed E-state index contributed by atoms with van der Waals surface area (Å²) in [5.74, 6) is 1.38. The van der Waals surface area contributed by atoms with E-state index in [-0.39, 0.29) is 0 Å². The molecule has 0 spiro atoms. The van der Waals surface area contributed by atoms with Crippen molar-refractivity contribution in [3.05, 3.63) is 492 Å². The normalized spacial score (nSPS) is 12.3. The van der Waals surface area contributed by atoms with Gasteiger partial charge in [-0.1, -0.05) is 394 Å². The Balaban J connectivity index is 0.000000153. The van der Waals surface area contributed by atoms with Crippen LogP contribution in [0.15, 0.2) is 425 Å². The van der Waals surface area contributed by atoms with Crippen LogP contribution in [-0.2, 0) is 10.8 Å². The van der Waals surface area contributed by atoms with Gasteiger partial charge in [-0.25, -0.2) is 29.6 Å². The first-order chi connectivity index (χ1) is 56.4. The van der Waals surface area contributed by atoms with Crippen LogP contribution >= 0.6 is 0 Å². The fourth-order valence-corrected chi connectivity index (χ4v) is 17.0. The molecule has 0 fully saturated rings. The first-order valence-corrected chi connectivity index (χ1v) is 38.4. The summed E-state index contributed by atoms with van der Waals surface area (Å²) < 4.78 is 0. The molecule has 0 saturated heterocycles. The van der Waals surface area contributed by atoms with Crippen LogP contribution in [-0.4, -0.2) is 19.9 Å². The zero-order valence-electron chi connectivity index (χ0n) is 62.1. The van der Waals surface area contributed by atoms with E-state index in [1.807, 2.05) is 60.7 Å². The summed E-state index contributed by atoms with van der Waals surface area (Å²) in [7, 11) is 0. The summed E-state index contributed by atoms with van der Waals surface area (Å²) in [5.41, 5.74) is 33.0. The van der Waals surface area contributed by atoms with E-state index in [1.54, 1.807) is 0 Å². The maximum Gasteiger partial charge on any atom is 0.187 e. The summed E-state index contributed by atoms with van der Waals surface area (Å²) in [6, 6.07) is 149. The van der Waals surface area contributed by atoms with Gasteiger partial charge in [-0.15, -0.1) is 0 Å². The molecular formula is C108H70N6. The highest BCUT2D eigenvalue weighted by molar-refractivity contribution is 5.93. The van der Waals surface area contributed by atoms with Crippen LogP contribution in [0.25, 0.3) is 144 Å². The first kappa shape index (κ1) is 69.1. The molecular weight excluding hydrogens is 1380 g/mol. The molecule has 20 rings (SSSR count). The van der Waals surface area contributed by atoms with Gasteiger partial charge in [0.2, 0.25) is 0 Å². The van der Waals surface area contributed by atoms with Gasteiger partial charge >= 0.3 is 0 Å². The third-order valence-corrected chi connectivity index (χ3v) is 22.4. The zero-order valence-corrected chi connectivity index (χ0v) is 62.1. The summed E-state index contributed by atoms with van der Waals surface area (Å²) in [4.78, 5) is 28.1. The third kappa shape index (κ3) is 12.6. The van der Waals surface area contributed by atoms with Crippen molar-refractivity contribution in [2.75, 3.05) is 0 Å². The number of benzene rings is 16. The van der Waals surface area contributed by atoms with Crippen molar-refractivity contribution in [2.45, 2.75) is 10.8 Å².